The average molecular weight is 286 g/mol. The van der Waals surface area contributed by atoms with Crippen LogP contribution >= 0.6 is 11.6 Å². The standard InChI is InChI=1S/C14H20ClNO3/c15-12-3-1-2-4-13(12)19-8-11(18)7-16-9-14(10-17)5-6-14/h1-4,11,16-18H,5-10H2. The lowest BCUT2D eigenvalue weighted by Crippen LogP contribution is -2.35. The Kier molecular flexibility index (Phi) is 5.05. The molecule has 0 aliphatic heterocycles. The van der Waals surface area contributed by atoms with E-state index in [0.717, 1.165) is 19.4 Å². The third-order valence-corrected chi connectivity index (χ3v) is 3.75. The Morgan fingerprint density at radius 2 is 2.11 bits per heavy atom. The van der Waals surface area contributed by atoms with Gasteiger partial charge in [-0.25, -0.2) is 0 Å². The van der Waals surface area contributed by atoms with Crippen molar-refractivity contribution >= 4 is 11.6 Å². The topological polar surface area (TPSA) is 61.7 Å². The van der Waals surface area contributed by atoms with Gasteiger partial charge in [-0.05, 0) is 25.0 Å². The van der Waals surface area contributed by atoms with Crippen LogP contribution in [-0.2, 0) is 0 Å². The van der Waals surface area contributed by atoms with Crippen LogP contribution in [0.4, 0.5) is 0 Å². The number of para-hydroxylation sites is 1. The second-order valence-electron chi connectivity index (χ2n) is 5.18. The fraction of sp³-hybridized carbons (Fsp3) is 0.571. The van der Waals surface area contributed by atoms with Gasteiger partial charge in [-0.15, -0.1) is 0 Å². The van der Waals surface area contributed by atoms with Gasteiger partial charge in [0.15, 0.2) is 0 Å². The Morgan fingerprint density at radius 3 is 2.74 bits per heavy atom. The largest absolute Gasteiger partial charge is 0.489 e. The van der Waals surface area contributed by atoms with Crippen molar-refractivity contribution in [3.05, 3.63) is 29.3 Å². The molecule has 0 aromatic heterocycles. The number of aliphatic hydroxyl groups excluding tert-OH is 2. The SMILES string of the molecule is OCC1(CNCC(O)COc2ccccc2Cl)CC1. The van der Waals surface area contributed by atoms with Crippen LogP contribution in [0.3, 0.4) is 0 Å². The van der Waals surface area contributed by atoms with Gasteiger partial charge in [-0.2, -0.15) is 0 Å². The third-order valence-electron chi connectivity index (χ3n) is 3.44. The van der Waals surface area contributed by atoms with Crippen molar-refractivity contribution in [2.45, 2.75) is 18.9 Å². The van der Waals surface area contributed by atoms with E-state index >= 15 is 0 Å². The van der Waals surface area contributed by atoms with Gasteiger partial charge in [0.05, 0.1) is 5.02 Å². The zero-order chi connectivity index (χ0) is 13.7. The summed E-state index contributed by atoms with van der Waals surface area (Å²) in [5.74, 6) is 0.581. The van der Waals surface area contributed by atoms with Crippen LogP contribution in [0.25, 0.3) is 0 Å². The molecule has 5 heteroatoms. The van der Waals surface area contributed by atoms with Crippen LogP contribution in [0.15, 0.2) is 24.3 Å². The van der Waals surface area contributed by atoms with Gasteiger partial charge in [-0.1, -0.05) is 23.7 Å². The molecule has 19 heavy (non-hydrogen) atoms. The number of hydrogen-bond donors (Lipinski definition) is 3. The number of benzene rings is 1. The van der Waals surface area contributed by atoms with E-state index in [2.05, 4.69) is 5.32 Å². The fourth-order valence-corrected chi connectivity index (χ4v) is 2.07. The number of nitrogens with one attached hydrogen (secondary N) is 1. The highest BCUT2D eigenvalue weighted by Crippen LogP contribution is 2.44. The van der Waals surface area contributed by atoms with E-state index in [1.54, 1.807) is 12.1 Å². The molecule has 106 valence electrons. The molecule has 1 aromatic rings. The lowest BCUT2D eigenvalue weighted by atomic mass is 10.1. The second-order valence-corrected chi connectivity index (χ2v) is 5.59. The molecular formula is C14H20ClNO3. The molecular weight excluding hydrogens is 266 g/mol. The van der Waals surface area contributed by atoms with Crippen LogP contribution in [-0.4, -0.2) is 42.6 Å². The molecule has 1 unspecified atom stereocenters. The van der Waals surface area contributed by atoms with Crippen LogP contribution in [0, 0.1) is 5.41 Å². The summed E-state index contributed by atoms with van der Waals surface area (Å²) in [6.45, 7) is 1.61. The van der Waals surface area contributed by atoms with E-state index in [-0.39, 0.29) is 18.6 Å². The fourth-order valence-electron chi connectivity index (χ4n) is 1.88. The van der Waals surface area contributed by atoms with Gasteiger partial charge in [0.1, 0.15) is 18.5 Å². The van der Waals surface area contributed by atoms with E-state index in [4.69, 9.17) is 21.4 Å². The quantitative estimate of drug-likeness (QED) is 0.676. The smallest absolute Gasteiger partial charge is 0.138 e. The molecule has 1 aliphatic rings. The second kappa shape index (κ2) is 6.57. The number of aliphatic hydroxyl groups is 2. The number of hydrogen-bond acceptors (Lipinski definition) is 4. The van der Waals surface area contributed by atoms with Gasteiger partial charge in [0.2, 0.25) is 0 Å². The first-order valence-corrected chi connectivity index (χ1v) is 6.90. The molecule has 0 bridgehead atoms. The van der Waals surface area contributed by atoms with Crippen LogP contribution < -0.4 is 10.1 Å². The Morgan fingerprint density at radius 1 is 1.37 bits per heavy atom. The van der Waals surface area contributed by atoms with E-state index in [0.29, 0.717) is 17.3 Å². The van der Waals surface area contributed by atoms with E-state index < -0.39 is 6.10 Å². The van der Waals surface area contributed by atoms with E-state index in [1.807, 2.05) is 12.1 Å². The van der Waals surface area contributed by atoms with Crippen molar-refractivity contribution in [2.24, 2.45) is 5.41 Å². The summed E-state index contributed by atoms with van der Waals surface area (Å²) in [4.78, 5) is 0. The number of rotatable bonds is 8. The average Bonchev–Trinajstić information content (AvgIpc) is 3.18. The first-order valence-electron chi connectivity index (χ1n) is 6.52. The molecule has 1 atom stereocenters. The Bertz CT molecular complexity index is 409. The zero-order valence-corrected chi connectivity index (χ0v) is 11.6. The predicted octanol–water partition coefficient (Wildman–Crippen LogP) is 1.44. The molecule has 1 aromatic carbocycles. The van der Waals surface area contributed by atoms with Gasteiger partial charge in [0, 0.05) is 25.1 Å². The van der Waals surface area contributed by atoms with Crippen molar-refractivity contribution in [3.8, 4) is 5.75 Å². The minimum atomic E-state index is -0.592. The molecule has 1 fully saturated rings. The summed E-state index contributed by atoms with van der Waals surface area (Å²) < 4.78 is 5.45. The minimum absolute atomic E-state index is 0.0588. The van der Waals surface area contributed by atoms with E-state index in [1.165, 1.54) is 0 Å². The molecule has 0 radical (unpaired) electrons. The highest BCUT2D eigenvalue weighted by Gasteiger charge is 2.41. The van der Waals surface area contributed by atoms with Crippen LogP contribution in [0.1, 0.15) is 12.8 Å². The number of ether oxygens (including phenoxy) is 1. The third kappa shape index (κ3) is 4.35. The normalized spacial score (nSPS) is 18.1. The molecule has 1 aliphatic carbocycles. The van der Waals surface area contributed by atoms with Crippen molar-refractivity contribution in [1.82, 2.24) is 5.32 Å². The molecule has 0 heterocycles. The van der Waals surface area contributed by atoms with E-state index in [9.17, 15) is 5.11 Å². The predicted molar refractivity (Wildman–Crippen MR) is 74.6 cm³/mol. The summed E-state index contributed by atoms with van der Waals surface area (Å²) in [5.41, 5.74) is 0.0588. The summed E-state index contributed by atoms with van der Waals surface area (Å²) in [7, 11) is 0. The summed E-state index contributed by atoms with van der Waals surface area (Å²) in [5, 5.41) is 22.7. The van der Waals surface area contributed by atoms with Crippen molar-refractivity contribution < 1.29 is 14.9 Å². The van der Waals surface area contributed by atoms with Crippen LogP contribution in [0.2, 0.25) is 5.02 Å². The summed E-state index contributed by atoms with van der Waals surface area (Å²) in [6.07, 6.45) is 1.52. The highest BCUT2D eigenvalue weighted by atomic mass is 35.5. The van der Waals surface area contributed by atoms with Gasteiger partial charge < -0.3 is 20.3 Å². The maximum absolute atomic E-state index is 9.80. The molecule has 2 rings (SSSR count). The minimum Gasteiger partial charge on any atom is -0.489 e. The lowest BCUT2D eigenvalue weighted by Gasteiger charge is -2.16. The monoisotopic (exact) mass is 285 g/mol. The summed E-state index contributed by atoms with van der Waals surface area (Å²) >= 11 is 5.95. The Hall–Kier alpha value is -0.810. The maximum atomic E-state index is 9.80. The first kappa shape index (κ1) is 14.6. The van der Waals surface area contributed by atoms with Crippen molar-refractivity contribution in [3.63, 3.8) is 0 Å². The van der Waals surface area contributed by atoms with Gasteiger partial charge in [0.25, 0.3) is 0 Å². The Labute approximate surface area is 118 Å². The molecule has 0 spiro atoms. The Balaban J connectivity index is 1.65. The van der Waals surface area contributed by atoms with Crippen molar-refractivity contribution in [1.29, 1.82) is 0 Å². The summed E-state index contributed by atoms with van der Waals surface area (Å²) in [6, 6.07) is 7.19. The van der Waals surface area contributed by atoms with Crippen LogP contribution in [0.5, 0.6) is 5.75 Å². The van der Waals surface area contributed by atoms with Gasteiger partial charge in [-0.3, -0.25) is 0 Å². The maximum Gasteiger partial charge on any atom is 0.138 e. The van der Waals surface area contributed by atoms with Gasteiger partial charge >= 0.3 is 0 Å². The highest BCUT2D eigenvalue weighted by molar-refractivity contribution is 6.32. The molecule has 0 saturated heterocycles. The lowest BCUT2D eigenvalue weighted by molar-refractivity contribution is 0.103. The zero-order valence-electron chi connectivity index (χ0n) is 10.8. The number of halogens is 1. The molecule has 0 amide bonds. The first-order chi connectivity index (χ1) is 9.15. The molecule has 1 saturated carbocycles. The van der Waals surface area contributed by atoms with Crippen molar-refractivity contribution in [2.75, 3.05) is 26.3 Å². The molecule has 3 N–H and O–H groups in total. The molecule has 4 nitrogen and oxygen atoms in total.